The zero-order valence-electron chi connectivity index (χ0n) is 17.3. The van der Waals surface area contributed by atoms with Gasteiger partial charge in [0, 0.05) is 49.0 Å². The average Bonchev–Trinajstić information content (AvgIpc) is 3.39. The fourth-order valence-electron chi connectivity index (χ4n) is 3.81. The number of piperazine rings is 1. The van der Waals surface area contributed by atoms with E-state index in [1.54, 1.807) is 16.7 Å². The predicted octanol–water partition coefficient (Wildman–Crippen LogP) is 4.09. The fourth-order valence-corrected chi connectivity index (χ4v) is 4.63. The highest BCUT2D eigenvalue weighted by Gasteiger charge is 2.27. The minimum absolute atomic E-state index is 0.0841. The van der Waals surface area contributed by atoms with E-state index in [9.17, 15) is 9.59 Å². The lowest BCUT2D eigenvalue weighted by molar-refractivity contribution is 0.0566. The lowest BCUT2D eigenvalue weighted by atomic mass is 10.2. The van der Waals surface area contributed by atoms with Gasteiger partial charge in [0.05, 0.1) is 12.3 Å². The molecule has 2 aromatic heterocycles. The Bertz CT molecular complexity index is 1050. The van der Waals surface area contributed by atoms with E-state index in [1.807, 2.05) is 17.5 Å². The summed E-state index contributed by atoms with van der Waals surface area (Å²) in [7, 11) is 0. The van der Waals surface area contributed by atoms with Crippen molar-refractivity contribution in [2.45, 2.75) is 26.8 Å². The van der Waals surface area contributed by atoms with E-state index < -0.39 is 0 Å². The highest BCUT2D eigenvalue weighted by atomic mass is 32.1. The molecule has 30 heavy (non-hydrogen) atoms. The number of aromatic nitrogens is 2. The number of rotatable bonds is 5. The van der Waals surface area contributed by atoms with Crippen LogP contribution in [0.25, 0.3) is 21.6 Å². The van der Waals surface area contributed by atoms with Gasteiger partial charge in [-0.25, -0.2) is 9.78 Å². The van der Waals surface area contributed by atoms with Crippen LogP contribution in [0, 0.1) is 0 Å². The summed E-state index contributed by atoms with van der Waals surface area (Å²) in [6.45, 7) is 7.14. The first-order valence-electron chi connectivity index (χ1n) is 10.4. The minimum atomic E-state index is -0.315. The molecule has 0 aliphatic carbocycles. The van der Waals surface area contributed by atoms with Crippen molar-refractivity contribution in [3.63, 3.8) is 0 Å². The zero-order valence-corrected chi connectivity index (χ0v) is 18.2. The van der Waals surface area contributed by atoms with Crippen molar-refractivity contribution in [3.8, 4) is 10.7 Å². The Morgan fingerprint density at radius 2 is 1.83 bits per heavy atom. The number of nitrogens with zero attached hydrogens (tertiary/aromatic N) is 4. The summed E-state index contributed by atoms with van der Waals surface area (Å²) in [6, 6.07) is 10.5. The summed E-state index contributed by atoms with van der Waals surface area (Å²) in [4.78, 5) is 32.9. The molecule has 1 saturated heterocycles. The first-order valence-corrected chi connectivity index (χ1v) is 11.3. The summed E-state index contributed by atoms with van der Waals surface area (Å²) in [5.41, 5.74) is 2.70. The summed E-state index contributed by atoms with van der Waals surface area (Å²) in [5.74, 6) is -0.0841. The van der Waals surface area contributed by atoms with Crippen molar-refractivity contribution >= 4 is 34.2 Å². The number of carbonyl (C=O) groups excluding carboxylic acids is 2. The van der Waals surface area contributed by atoms with E-state index in [0.717, 1.165) is 23.7 Å². The van der Waals surface area contributed by atoms with Crippen LogP contribution in [-0.2, 0) is 11.3 Å². The third-order valence-electron chi connectivity index (χ3n) is 5.29. The summed E-state index contributed by atoms with van der Waals surface area (Å²) in [5, 5.41) is 3.87. The average molecular weight is 427 g/mol. The lowest BCUT2D eigenvalue weighted by Gasteiger charge is -2.33. The molecule has 0 unspecified atom stereocenters. The van der Waals surface area contributed by atoms with Crippen LogP contribution >= 0.6 is 11.3 Å². The monoisotopic (exact) mass is 426 g/mol. The topological polar surface area (TPSA) is 67.7 Å². The second kappa shape index (κ2) is 8.87. The molecule has 0 spiro atoms. The van der Waals surface area contributed by atoms with Gasteiger partial charge in [-0.2, -0.15) is 0 Å². The number of amides is 2. The minimum Gasteiger partial charge on any atom is -0.450 e. The molecule has 3 aromatic rings. The number of hydrogen-bond donors (Lipinski definition) is 0. The van der Waals surface area contributed by atoms with Gasteiger partial charge in [0.15, 0.2) is 0 Å². The van der Waals surface area contributed by atoms with E-state index in [1.165, 1.54) is 22.2 Å². The number of aryl methyl sites for hydroxylation is 1. The molecule has 0 saturated carbocycles. The van der Waals surface area contributed by atoms with E-state index in [0.29, 0.717) is 38.5 Å². The van der Waals surface area contributed by atoms with Crippen molar-refractivity contribution in [3.05, 3.63) is 41.4 Å². The van der Waals surface area contributed by atoms with Gasteiger partial charge in [0.25, 0.3) is 5.91 Å². The maximum atomic E-state index is 13.0. The van der Waals surface area contributed by atoms with Gasteiger partial charge in [-0.1, -0.05) is 25.1 Å². The molecule has 0 radical (unpaired) electrons. The van der Waals surface area contributed by atoms with Crippen molar-refractivity contribution in [2.75, 3.05) is 32.8 Å². The highest BCUT2D eigenvalue weighted by Crippen LogP contribution is 2.31. The van der Waals surface area contributed by atoms with Crippen molar-refractivity contribution in [1.29, 1.82) is 0 Å². The molecule has 0 atom stereocenters. The lowest BCUT2D eigenvalue weighted by Crippen LogP contribution is -2.50. The molecule has 2 amide bonds. The molecule has 0 bridgehead atoms. The second-order valence-corrected chi connectivity index (χ2v) is 8.11. The first kappa shape index (κ1) is 20.4. The molecule has 0 N–H and O–H groups in total. The van der Waals surface area contributed by atoms with Crippen molar-refractivity contribution in [1.82, 2.24) is 19.4 Å². The highest BCUT2D eigenvalue weighted by molar-refractivity contribution is 7.13. The maximum Gasteiger partial charge on any atom is 0.409 e. The van der Waals surface area contributed by atoms with Crippen LogP contribution in [0.3, 0.4) is 0 Å². The van der Waals surface area contributed by atoms with Gasteiger partial charge in [-0.05, 0) is 25.5 Å². The largest absolute Gasteiger partial charge is 0.450 e. The molecule has 1 aromatic carbocycles. The molecular weight excluding hydrogens is 400 g/mol. The second-order valence-electron chi connectivity index (χ2n) is 7.26. The van der Waals surface area contributed by atoms with Crippen LogP contribution in [0.4, 0.5) is 4.79 Å². The summed E-state index contributed by atoms with van der Waals surface area (Å²) in [6.07, 6.45) is 0.706. The van der Waals surface area contributed by atoms with E-state index >= 15 is 0 Å². The molecule has 7 nitrogen and oxygen atoms in total. The standard InChI is InChI=1S/C22H26N4O3S/c1-3-9-26-18-8-6-5-7-16(18)14-19(26)20-23-17(15-30-20)21(27)24-10-12-25(13-11-24)22(28)29-4-2/h5-8,14-15H,3-4,9-13H2,1-2H3. The van der Waals surface area contributed by atoms with Crippen LogP contribution in [0.1, 0.15) is 30.8 Å². The van der Waals surface area contributed by atoms with Gasteiger partial charge >= 0.3 is 6.09 Å². The molecule has 1 aliphatic rings. The molecule has 158 valence electrons. The van der Waals surface area contributed by atoms with Crippen LogP contribution < -0.4 is 0 Å². The molecular formula is C22H26N4O3S. The van der Waals surface area contributed by atoms with Gasteiger partial charge in [-0.15, -0.1) is 11.3 Å². The molecule has 8 heteroatoms. The third-order valence-corrected chi connectivity index (χ3v) is 6.16. The number of carbonyl (C=O) groups is 2. The van der Waals surface area contributed by atoms with E-state index in [2.05, 4.69) is 34.7 Å². The third kappa shape index (κ3) is 3.92. The van der Waals surface area contributed by atoms with E-state index in [4.69, 9.17) is 4.74 Å². The van der Waals surface area contributed by atoms with Crippen LogP contribution in [0.5, 0.6) is 0 Å². The summed E-state index contributed by atoms with van der Waals surface area (Å²) < 4.78 is 7.32. The number of hydrogen-bond acceptors (Lipinski definition) is 5. The van der Waals surface area contributed by atoms with E-state index in [-0.39, 0.29) is 12.0 Å². The molecule has 1 fully saturated rings. The molecule has 4 rings (SSSR count). The van der Waals surface area contributed by atoms with Crippen LogP contribution in [0.2, 0.25) is 0 Å². The number of ether oxygens (including phenoxy) is 1. The zero-order chi connectivity index (χ0) is 21.1. The van der Waals surface area contributed by atoms with Crippen molar-refractivity contribution < 1.29 is 14.3 Å². The number of fused-ring (bicyclic) bond motifs is 1. The van der Waals surface area contributed by atoms with Gasteiger partial charge in [0.2, 0.25) is 0 Å². The van der Waals surface area contributed by atoms with Gasteiger partial charge in [-0.3, -0.25) is 4.79 Å². The Hall–Kier alpha value is -2.87. The Labute approximate surface area is 179 Å². The Kier molecular flexibility index (Phi) is 6.03. The number of benzene rings is 1. The number of para-hydroxylation sites is 1. The fraction of sp³-hybridized carbons (Fsp3) is 0.409. The molecule has 1 aliphatic heterocycles. The Balaban J connectivity index is 1.51. The van der Waals surface area contributed by atoms with Crippen LogP contribution in [-0.4, -0.2) is 64.1 Å². The maximum absolute atomic E-state index is 13.0. The SMILES string of the molecule is CCCn1c(-c2nc(C(=O)N3CCN(C(=O)OCC)CC3)cs2)cc2ccccc21. The van der Waals surface area contributed by atoms with Gasteiger partial charge < -0.3 is 19.1 Å². The quantitative estimate of drug-likeness (QED) is 0.616. The Morgan fingerprint density at radius 3 is 2.57 bits per heavy atom. The summed E-state index contributed by atoms with van der Waals surface area (Å²) >= 11 is 1.50. The van der Waals surface area contributed by atoms with Gasteiger partial charge in [0.1, 0.15) is 10.7 Å². The first-order chi connectivity index (χ1) is 14.6. The Morgan fingerprint density at radius 1 is 1.10 bits per heavy atom. The van der Waals surface area contributed by atoms with Crippen LogP contribution in [0.15, 0.2) is 35.7 Å². The normalized spacial score (nSPS) is 14.3. The smallest absolute Gasteiger partial charge is 0.409 e. The predicted molar refractivity (Wildman–Crippen MR) is 118 cm³/mol. The van der Waals surface area contributed by atoms with Crippen molar-refractivity contribution in [2.24, 2.45) is 0 Å². The molecule has 3 heterocycles. The number of thiazole rings is 1.